The molecule has 1 aromatic rings. The van der Waals surface area contributed by atoms with Gasteiger partial charge in [0.2, 0.25) is 5.91 Å². The van der Waals surface area contributed by atoms with Crippen LogP contribution in [0.1, 0.15) is 48.9 Å². The van der Waals surface area contributed by atoms with Crippen LogP contribution in [0, 0.1) is 13.8 Å². The van der Waals surface area contributed by atoms with Gasteiger partial charge in [-0.05, 0) is 51.3 Å². The van der Waals surface area contributed by atoms with Crippen LogP contribution in [-0.2, 0) is 4.79 Å². The summed E-state index contributed by atoms with van der Waals surface area (Å²) in [5.74, 6) is 0.145. The summed E-state index contributed by atoms with van der Waals surface area (Å²) in [5.41, 5.74) is 3.71. The van der Waals surface area contributed by atoms with Crippen LogP contribution in [0.4, 0.5) is 0 Å². The second-order valence-corrected chi connectivity index (χ2v) is 5.65. The Balaban J connectivity index is 1.92. The first-order chi connectivity index (χ1) is 9.06. The number of hydrogen-bond acceptors (Lipinski definition) is 2. The third-order valence-corrected chi connectivity index (χ3v) is 3.86. The van der Waals surface area contributed by atoms with Crippen LogP contribution in [0.5, 0.6) is 0 Å². The number of benzene rings is 1. The smallest absolute Gasteiger partial charge is 0.222 e. The largest absolute Gasteiger partial charge is 0.350 e. The molecular formula is C16H24N2O. The molecule has 19 heavy (non-hydrogen) atoms. The Bertz CT molecular complexity index is 450. The van der Waals surface area contributed by atoms with Crippen molar-refractivity contribution in [2.75, 3.05) is 6.54 Å². The molecule has 1 fully saturated rings. The molecule has 0 bridgehead atoms. The van der Waals surface area contributed by atoms with Crippen molar-refractivity contribution in [3.63, 3.8) is 0 Å². The number of carbonyl (C=O) groups is 1. The summed E-state index contributed by atoms with van der Waals surface area (Å²) in [6.45, 7) is 7.29. The highest BCUT2D eigenvalue weighted by atomic mass is 16.1. The Labute approximate surface area is 115 Å². The Morgan fingerprint density at radius 3 is 2.89 bits per heavy atom. The van der Waals surface area contributed by atoms with Crippen LogP contribution < -0.4 is 10.6 Å². The second kappa shape index (κ2) is 6.20. The van der Waals surface area contributed by atoms with Gasteiger partial charge in [0.25, 0.3) is 0 Å². The van der Waals surface area contributed by atoms with Crippen molar-refractivity contribution >= 4 is 5.91 Å². The maximum atomic E-state index is 12.0. The maximum absolute atomic E-state index is 12.0. The van der Waals surface area contributed by atoms with Crippen molar-refractivity contribution in [3.05, 3.63) is 34.9 Å². The average molecular weight is 260 g/mol. The highest BCUT2D eigenvalue weighted by molar-refractivity contribution is 5.77. The van der Waals surface area contributed by atoms with Crippen LogP contribution in [-0.4, -0.2) is 18.5 Å². The topological polar surface area (TPSA) is 41.1 Å². The number of carbonyl (C=O) groups excluding carboxylic acids is 1. The van der Waals surface area contributed by atoms with Crippen LogP contribution in [0.2, 0.25) is 0 Å². The molecule has 104 valence electrons. The first-order valence-corrected chi connectivity index (χ1v) is 7.16. The second-order valence-electron chi connectivity index (χ2n) is 5.65. The molecule has 1 heterocycles. The zero-order valence-corrected chi connectivity index (χ0v) is 12.1. The van der Waals surface area contributed by atoms with Crippen LogP contribution in [0.25, 0.3) is 0 Å². The van der Waals surface area contributed by atoms with E-state index in [-0.39, 0.29) is 11.9 Å². The Morgan fingerprint density at radius 2 is 2.26 bits per heavy atom. The molecule has 2 unspecified atom stereocenters. The van der Waals surface area contributed by atoms with E-state index in [9.17, 15) is 4.79 Å². The van der Waals surface area contributed by atoms with E-state index >= 15 is 0 Å². The summed E-state index contributed by atoms with van der Waals surface area (Å²) in [7, 11) is 0. The number of amides is 1. The molecule has 2 rings (SSSR count). The quantitative estimate of drug-likeness (QED) is 0.873. The zero-order chi connectivity index (χ0) is 13.8. The summed E-state index contributed by atoms with van der Waals surface area (Å²) in [4.78, 5) is 12.0. The molecular weight excluding hydrogens is 236 g/mol. The lowest BCUT2D eigenvalue weighted by Gasteiger charge is -2.18. The molecule has 0 radical (unpaired) electrons. The summed E-state index contributed by atoms with van der Waals surface area (Å²) in [5, 5.41) is 6.46. The van der Waals surface area contributed by atoms with Gasteiger partial charge in [0.1, 0.15) is 0 Å². The van der Waals surface area contributed by atoms with Gasteiger partial charge in [0.15, 0.2) is 0 Å². The lowest BCUT2D eigenvalue weighted by molar-refractivity contribution is -0.122. The van der Waals surface area contributed by atoms with Crippen molar-refractivity contribution in [1.29, 1.82) is 0 Å². The standard InChI is InChI=1S/C16H24N2O/c1-11-6-7-15(12(2)9-11)13(3)18-16(19)10-14-5-4-8-17-14/h6-7,9,13-14,17H,4-5,8,10H2,1-3H3,(H,18,19). The maximum Gasteiger partial charge on any atom is 0.222 e. The molecule has 1 aliphatic heterocycles. The molecule has 3 heteroatoms. The van der Waals surface area contributed by atoms with Crippen molar-refractivity contribution in [1.82, 2.24) is 10.6 Å². The van der Waals surface area contributed by atoms with E-state index in [1.807, 2.05) is 0 Å². The summed E-state index contributed by atoms with van der Waals surface area (Å²) in [6.07, 6.45) is 2.89. The van der Waals surface area contributed by atoms with Gasteiger partial charge in [-0.1, -0.05) is 23.8 Å². The Morgan fingerprint density at radius 1 is 1.47 bits per heavy atom. The van der Waals surface area contributed by atoms with E-state index in [2.05, 4.69) is 49.6 Å². The number of rotatable bonds is 4. The van der Waals surface area contributed by atoms with Crippen LogP contribution in [0.3, 0.4) is 0 Å². The molecule has 1 saturated heterocycles. The van der Waals surface area contributed by atoms with Crippen molar-refractivity contribution < 1.29 is 4.79 Å². The fourth-order valence-corrected chi connectivity index (χ4v) is 2.84. The van der Waals surface area contributed by atoms with Gasteiger partial charge in [-0.3, -0.25) is 4.79 Å². The highest BCUT2D eigenvalue weighted by Gasteiger charge is 2.19. The Kier molecular flexibility index (Phi) is 4.59. The van der Waals surface area contributed by atoms with E-state index in [0.717, 1.165) is 13.0 Å². The number of aryl methyl sites for hydroxylation is 2. The normalized spacial score (nSPS) is 20.3. The van der Waals surface area contributed by atoms with Crippen molar-refractivity contribution in [3.8, 4) is 0 Å². The van der Waals surface area contributed by atoms with Gasteiger partial charge in [0, 0.05) is 12.5 Å². The first kappa shape index (κ1) is 14.1. The summed E-state index contributed by atoms with van der Waals surface area (Å²) < 4.78 is 0. The molecule has 2 atom stereocenters. The van der Waals surface area contributed by atoms with E-state index in [1.165, 1.54) is 23.1 Å². The van der Waals surface area contributed by atoms with Gasteiger partial charge in [-0.2, -0.15) is 0 Å². The van der Waals surface area contributed by atoms with Gasteiger partial charge < -0.3 is 10.6 Å². The molecule has 0 aliphatic carbocycles. The molecule has 2 N–H and O–H groups in total. The monoisotopic (exact) mass is 260 g/mol. The molecule has 1 aliphatic rings. The fourth-order valence-electron chi connectivity index (χ4n) is 2.84. The minimum absolute atomic E-state index is 0.0782. The highest BCUT2D eigenvalue weighted by Crippen LogP contribution is 2.19. The molecule has 3 nitrogen and oxygen atoms in total. The molecule has 1 aromatic carbocycles. The van der Waals surface area contributed by atoms with E-state index < -0.39 is 0 Å². The van der Waals surface area contributed by atoms with Gasteiger partial charge in [-0.25, -0.2) is 0 Å². The predicted octanol–water partition coefficient (Wildman–Crippen LogP) is 2.62. The van der Waals surface area contributed by atoms with Gasteiger partial charge >= 0.3 is 0 Å². The lowest BCUT2D eigenvalue weighted by Crippen LogP contribution is -2.33. The first-order valence-electron chi connectivity index (χ1n) is 7.16. The average Bonchev–Trinajstić information content (AvgIpc) is 2.81. The van der Waals surface area contributed by atoms with E-state index in [0.29, 0.717) is 12.5 Å². The van der Waals surface area contributed by atoms with Gasteiger partial charge in [-0.15, -0.1) is 0 Å². The molecule has 0 spiro atoms. The molecule has 0 aromatic heterocycles. The third kappa shape index (κ3) is 3.80. The Hall–Kier alpha value is -1.35. The fraction of sp³-hybridized carbons (Fsp3) is 0.562. The van der Waals surface area contributed by atoms with Crippen LogP contribution >= 0.6 is 0 Å². The van der Waals surface area contributed by atoms with Gasteiger partial charge in [0.05, 0.1) is 6.04 Å². The van der Waals surface area contributed by atoms with E-state index in [1.54, 1.807) is 0 Å². The minimum Gasteiger partial charge on any atom is -0.350 e. The third-order valence-electron chi connectivity index (χ3n) is 3.86. The zero-order valence-electron chi connectivity index (χ0n) is 12.1. The summed E-state index contributed by atoms with van der Waals surface area (Å²) >= 11 is 0. The van der Waals surface area contributed by atoms with Crippen molar-refractivity contribution in [2.45, 2.75) is 52.1 Å². The van der Waals surface area contributed by atoms with E-state index in [4.69, 9.17) is 0 Å². The lowest BCUT2D eigenvalue weighted by atomic mass is 10.00. The predicted molar refractivity (Wildman–Crippen MR) is 78.1 cm³/mol. The SMILES string of the molecule is Cc1ccc(C(C)NC(=O)CC2CCCN2)c(C)c1. The van der Waals surface area contributed by atoms with Crippen molar-refractivity contribution in [2.24, 2.45) is 0 Å². The summed E-state index contributed by atoms with van der Waals surface area (Å²) in [6, 6.07) is 6.82. The number of hydrogen-bond donors (Lipinski definition) is 2. The minimum atomic E-state index is 0.0782. The molecule has 1 amide bonds. The molecule has 0 saturated carbocycles. The van der Waals surface area contributed by atoms with Crippen LogP contribution in [0.15, 0.2) is 18.2 Å². The number of nitrogens with one attached hydrogen (secondary N) is 2.